The molecular weight excluding hydrogens is 314 g/mol. The van der Waals surface area contributed by atoms with Gasteiger partial charge >= 0.3 is 0 Å². The van der Waals surface area contributed by atoms with Gasteiger partial charge in [-0.25, -0.2) is 4.98 Å². The molecule has 0 radical (unpaired) electrons. The molecule has 6 nitrogen and oxygen atoms in total. The van der Waals surface area contributed by atoms with Gasteiger partial charge in [-0.05, 0) is 22.9 Å². The topological polar surface area (TPSA) is 76.2 Å². The van der Waals surface area contributed by atoms with Crippen molar-refractivity contribution < 1.29 is 9.47 Å². The third-order valence-electron chi connectivity index (χ3n) is 3.26. The third-order valence-corrected chi connectivity index (χ3v) is 4.39. The van der Waals surface area contributed by atoms with Gasteiger partial charge in [0.25, 0.3) is 5.56 Å². The number of hydrogen-bond acceptors (Lipinski definition) is 6. The number of benzene rings is 1. The molecule has 23 heavy (non-hydrogen) atoms. The van der Waals surface area contributed by atoms with Crippen LogP contribution in [-0.2, 0) is 12.3 Å². The van der Waals surface area contributed by atoms with Crippen LogP contribution in [0, 0.1) is 0 Å². The number of rotatable bonds is 6. The van der Waals surface area contributed by atoms with E-state index in [4.69, 9.17) is 9.47 Å². The Morgan fingerprint density at radius 1 is 1.30 bits per heavy atom. The zero-order valence-electron chi connectivity index (χ0n) is 13.1. The van der Waals surface area contributed by atoms with Crippen molar-refractivity contribution in [1.29, 1.82) is 0 Å². The summed E-state index contributed by atoms with van der Waals surface area (Å²) in [5.41, 5.74) is 1.66. The standard InChI is InChI=1S/C16H19N3O3S/c1-10(2)23-8-12-6-15(20)19-16(18-12)17-7-11-3-4-13-14(5-11)22-9-21-13/h3-6,10H,7-9H2,1-2H3,(H2,17,18,19,20). The van der Waals surface area contributed by atoms with Crippen LogP contribution in [-0.4, -0.2) is 22.0 Å². The fourth-order valence-corrected chi connectivity index (χ4v) is 2.81. The fraction of sp³-hybridized carbons (Fsp3) is 0.375. The van der Waals surface area contributed by atoms with Gasteiger partial charge in [0.2, 0.25) is 12.7 Å². The number of aromatic nitrogens is 2. The Hall–Kier alpha value is -2.15. The number of nitrogens with zero attached hydrogens (tertiary/aromatic N) is 1. The summed E-state index contributed by atoms with van der Waals surface area (Å²) in [5, 5.41) is 3.65. The molecule has 2 aromatic rings. The fourth-order valence-electron chi connectivity index (χ4n) is 2.15. The maximum Gasteiger partial charge on any atom is 0.252 e. The lowest BCUT2D eigenvalue weighted by molar-refractivity contribution is 0.174. The van der Waals surface area contributed by atoms with Crippen LogP contribution in [0.3, 0.4) is 0 Å². The van der Waals surface area contributed by atoms with Gasteiger partial charge in [-0.1, -0.05) is 19.9 Å². The van der Waals surface area contributed by atoms with Crippen molar-refractivity contribution in [1.82, 2.24) is 9.97 Å². The van der Waals surface area contributed by atoms with Gasteiger partial charge in [-0.2, -0.15) is 11.8 Å². The number of thioether (sulfide) groups is 1. The molecule has 3 rings (SSSR count). The maximum absolute atomic E-state index is 11.7. The van der Waals surface area contributed by atoms with Gasteiger partial charge in [0, 0.05) is 18.4 Å². The Bertz CT molecular complexity index is 746. The molecule has 0 saturated heterocycles. The number of anilines is 1. The first kappa shape index (κ1) is 15.7. The maximum atomic E-state index is 11.7. The molecular formula is C16H19N3O3S. The molecule has 0 bridgehead atoms. The minimum Gasteiger partial charge on any atom is -0.454 e. The highest BCUT2D eigenvalue weighted by Gasteiger charge is 2.13. The van der Waals surface area contributed by atoms with Gasteiger partial charge in [-0.3, -0.25) is 9.78 Å². The van der Waals surface area contributed by atoms with Crippen LogP contribution in [0.15, 0.2) is 29.1 Å². The number of hydrogen-bond donors (Lipinski definition) is 2. The minimum atomic E-state index is -0.146. The average molecular weight is 333 g/mol. The molecule has 0 unspecified atom stereocenters. The Labute approximate surface area is 138 Å². The molecule has 7 heteroatoms. The predicted molar refractivity (Wildman–Crippen MR) is 91.2 cm³/mol. The van der Waals surface area contributed by atoms with Crippen LogP contribution in [0.5, 0.6) is 11.5 Å². The molecule has 0 atom stereocenters. The van der Waals surface area contributed by atoms with Crippen LogP contribution < -0.4 is 20.3 Å². The summed E-state index contributed by atoms with van der Waals surface area (Å²) in [7, 11) is 0. The summed E-state index contributed by atoms with van der Waals surface area (Å²) >= 11 is 1.76. The second-order valence-corrected chi connectivity index (χ2v) is 7.05. The number of H-pyrrole nitrogens is 1. The van der Waals surface area contributed by atoms with E-state index in [9.17, 15) is 4.79 Å². The summed E-state index contributed by atoms with van der Waals surface area (Å²) in [6.45, 7) is 5.05. The molecule has 0 spiro atoms. The molecule has 1 aliphatic heterocycles. The summed E-state index contributed by atoms with van der Waals surface area (Å²) in [6.07, 6.45) is 0. The number of ether oxygens (including phenoxy) is 2. The zero-order valence-corrected chi connectivity index (χ0v) is 13.9. The van der Waals surface area contributed by atoms with Crippen molar-refractivity contribution in [2.45, 2.75) is 31.4 Å². The Kier molecular flexibility index (Phi) is 4.76. The SMILES string of the molecule is CC(C)SCc1cc(=O)[nH]c(NCc2ccc3c(c2)OCO3)n1. The highest BCUT2D eigenvalue weighted by Crippen LogP contribution is 2.32. The monoisotopic (exact) mass is 333 g/mol. The van der Waals surface area contributed by atoms with Crippen molar-refractivity contribution in [3.05, 3.63) is 45.9 Å². The first-order valence-corrected chi connectivity index (χ1v) is 8.49. The van der Waals surface area contributed by atoms with Crippen molar-refractivity contribution >= 4 is 17.7 Å². The molecule has 0 amide bonds. The van der Waals surface area contributed by atoms with Crippen molar-refractivity contribution in [3.63, 3.8) is 0 Å². The van der Waals surface area contributed by atoms with Crippen molar-refractivity contribution in [2.75, 3.05) is 12.1 Å². The summed E-state index contributed by atoms with van der Waals surface area (Å²) in [5.74, 6) is 2.70. The van der Waals surface area contributed by atoms with E-state index < -0.39 is 0 Å². The highest BCUT2D eigenvalue weighted by atomic mass is 32.2. The molecule has 0 fully saturated rings. The smallest absolute Gasteiger partial charge is 0.252 e. The van der Waals surface area contributed by atoms with Gasteiger partial charge in [0.05, 0.1) is 5.69 Å². The average Bonchev–Trinajstić information content (AvgIpc) is 2.98. The van der Waals surface area contributed by atoms with Gasteiger partial charge in [0.1, 0.15) is 0 Å². The molecule has 0 saturated carbocycles. The van der Waals surface area contributed by atoms with Crippen LogP contribution >= 0.6 is 11.8 Å². The quantitative estimate of drug-likeness (QED) is 0.846. The molecule has 0 aliphatic carbocycles. The van der Waals surface area contributed by atoms with E-state index in [1.165, 1.54) is 0 Å². The summed E-state index contributed by atoms with van der Waals surface area (Å²) in [6, 6.07) is 7.30. The van der Waals surface area contributed by atoms with Gasteiger partial charge in [0.15, 0.2) is 11.5 Å². The Morgan fingerprint density at radius 3 is 2.96 bits per heavy atom. The van der Waals surface area contributed by atoms with Crippen molar-refractivity contribution in [3.8, 4) is 11.5 Å². The second kappa shape index (κ2) is 6.95. The summed E-state index contributed by atoms with van der Waals surface area (Å²) < 4.78 is 10.6. The Balaban J connectivity index is 1.66. The van der Waals surface area contributed by atoms with E-state index in [1.807, 2.05) is 18.2 Å². The van der Waals surface area contributed by atoms with Gasteiger partial charge in [-0.15, -0.1) is 0 Å². The van der Waals surface area contributed by atoms with Crippen LogP contribution in [0.1, 0.15) is 25.1 Å². The first-order valence-electron chi connectivity index (χ1n) is 7.44. The third kappa shape index (κ3) is 4.19. The van der Waals surface area contributed by atoms with E-state index in [0.29, 0.717) is 17.7 Å². The van der Waals surface area contributed by atoms with Crippen LogP contribution in [0.2, 0.25) is 0 Å². The summed E-state index contributed by atoms with van der Waals surface area (Å²) in [4.78, 5) is 18.9. The van der Waals surface area contributed by atoms with E-state index in [2.05, 4.69) is 29.1 Å². The molecule has 2 N–H and O–H groups in total. The molecule has 1 aromatic heterocycles. The number of aromatic amines is 1. The minimum absolute atomic E-state index is 0.146. The number of nitrogens with one attached hydrogen (secondary N) is 2. The second-order valence-electron chi connectivity index (χ2n) is 5.49. The van der Waals surface area contributed by atoms with Gasteiger partial charge < -0.3 is 14.8 Å². The lowest BCUT2D eigenvalue weighted by Crippen LogP contribution is -2.14. The normalized spacial score (nSPS) is 12.7. The first-order chi connectivity index (χ1) is 11.1. The molecule has 1 aliphatic rings. The van der Waals surface area contributed by atoms with E-state index in [-0.39, 0.29) is 12.4 Å². The Morgan fingerprint density at radius 2 is 2.13 bits per heavy atom. The predicted octanol–water partition coefficient (Wildman–Crippen LogP) is 2.75. The molecule has 2 heterocycles. The van der Waals surface area contributed by atoms with E-state index in [0.717, 1.165) is 28.5 Å². The highest BCUT2D eigenvalue weighted by molar-refractivity contribution is 7.99. The zero-order chi connectivity index (χ0) is 16.2. The lowest BCUT2D eigenvalue weighted by Gasteiger charge is -2.08. The lowest BCUT2D eigenvalue weighted by atomic mass is 10.2. The molecule has 122 valence electrons. The van der Waals surface area contributed by atoms with E-state index >= 15 is 0 Å². The molecule has 1 aromatic carbocycles. The number of fused-ring (bicyclic) bond motifs is 1. The van der Waals surface area contributed by atoms with Crippen molar-refractivity contribution in [2.24, 2.45) is 0 Å². The largest absolute Gasteiger partial charge is 0.454 e. The van der Waals surface area contributed by atoms with E-state index in [1.54, 1.807) is 17.8 Å². The van der Waals surface area contributed by atoms with Crippen LogP contribution in [0.4, 0.5) is 5.95 Å². The van der Waals surface area contributed by atoms with Crippen LogP contribution in [0.25, 0.3) is 0 Å².